The van der Waals surface area contributed by atoms with E-state index in [2.05, 4.69) is 4.99 Å². The molecule has 2 N–H and O–H groups in total. The number of benzene rings is 1. The summed E-state index contributed by atoms with van der Waals surface area (Å²) >= 11 is 11.1. The second kappa shape index (κ2) is 5.79. The molecular formula is C13H11ClN2O4S. The number of carbonyl (C=O) groups is 2. The molecular weight excluding hydrogens is 316 g/mol. The molecule has 2 atom stereocenters. The fourth-order valence-corrected chi connectivity index (χ4v) is 2.90. The van der Waals surface area contributed by atoms with E-state index >= 15 is 0 Å². The number of carboxylic acids is 1. The largest absolute Gasteiger partial charge is 0.481 e. The molecule has 0 aromatic heterocycles. The standard InChI is InChI=1S/C13H11ClN2O4S/c1-6-9(11(17)18)10(7-4-2-3-5-8(7)14)16(13(19)20)12(21)15-6/h2-5,9-10H,1H3,(H,17,18)(H,19,20). The first-order valence-corrected chi connectivity index (χ1v) is 6.71. The molecule has 0 bridgehead atoms. The topological polar surface area (TPSA) is 90.2 Å². The van der Waals surface area contributed by atoms with Crippen molar-refractivity contribution in [3.8, 4) is 0 Å². The number of thiocarbonyl (C=S) groups is 1. The van der Waals surface area contributed by atoms with E-state index in [-0.39, 0.29) is 15.8 Å². The first kappa shape index (κ1) is 15.4. The summed E-state index contributed by atoms with van der Waals surface area (Å²) in [4.78, 5) is 27.6. The molecule has 1 amide bonds. The predicted octanol–water partition coefficient (Wildman–Crippen LogP) is 2.82. The summed E-state index contributed by atoms with van der Waals surface area (Å²) in [7, 11) is 0. The summed E-state index contributed by atoms with van der Waals surface area (Å²) in [6.45, 7) is 1.51. The van der Waals surface area contributed by atoms with Crippen molar-refractivity contribution in [1.82, 2.24) is 4.90 Å². The summed E-state index contributed by atoms with van der Waals surface area (Å²) in [5, 5.41) is 18.9. The van der Waals surface area contributed by atoms with Crippen molar-refractivity contribution in [2.24, 2.45) is 10.9 Å². The number of aliphatic imine (C=N–C) groups is 1. The Balaban J connectivity index is 2.67. The van der Waals surface area contributed by atoms with Crippen LogP contribution in [0.1, 0.15) is 18.5 Å². The van der Waals surface area contributed by atoms with E-state index in [4.69, 9.17) is 23.8 Å². The second-order valence-electron chi connectivity index (χ2n) is 4.47. The van der Waals surface area contributed by atoms with Gasteiger partial charge in [0.05, 0.1) is 6.04 Å². The van der Waals surface area contributed by atoms with Crippen LogP contribution >= 0.6 is 23.8 Å². The maximum Gasteiger partial charge on any atom is 0.414 e. The molecule has 1 aromatic rings. The number of nitrogens with zero attached hydrogens (tertiary/aromatic N) is 2. The minimum Gasteiger partial charge on any atom is -0.481 e. The van der Waals surface area contributed by atoms with Crippen LogP contribution < -0.4 is 0 Å². The Morgan fingerprint density at radius 2 is 1.95 bits per heavy atom. The molecule has 1 heterocycles. The Hall–Kier alpha value is -1.99. The maximum absolute atomic E-state index is 11.5. The molecule has 21 heavy (non-hydrogen) atoms. The third-order valence-corrected chi connectivity index (χ3v) is 3.85. The third kappa shape index (κ3) is 2.74. The summed E-state index contributed by atoms with van der Waals surface area (Å²) in [6, 6.07) is 5.44. The zero-order chi connectivity index (χ0) is 15.7. The van der Waals surface area contributed by atoms with Crippen LogP contribution in [0.25, 0.3) is 0 Å². The molecule has 2 rings (SSSR count). The highest BCUT2D eigenvalue weighted by Crippen LogP contribution is 2.37. The SMILES string of the molecule is CC1=NC(=S)N(C(=O)O)C(c2ccccc2Cl)C1C(=O)O. The smallest absolute Gasteiger partial charge is 0.414 e. The van der Waals surface area contributed by atoms with Gasteiger partial charge in [-0.05, 0) is 30.8 Å². The van der Waals surface area contributed by atoms with Gasteiger partial charge in [0.25, 0.3) is 0 Å². The number of amides is 1. The molecule has 1 aliphatic heterocycles. The number of hydrogen-bond acceptors (Lipinski definition) is 3. The molecule has 1 aromatic carbocycles. The molecule has 0 spiro atoms. The Morgan fingerprint density at radius 3 is 2.48 bits per heavy atom. The first-order valence-electron chi connectivity index (χ1n) is 5.93. The molecule has 0 saturated heterocycles. The van der Waals surface area contributed by atoms with E-state index < -0.39 is 24.0 Å². The van der Waals surface area contributed by atoms with E-state index in [9.17, 15) is 19.8 Å². The number of aliphatic carboxylic acids is 1. The van der Waals surface area contributed by atoms with Crippen molar-refractivity contribution in [2.45, 2.75) is 13.0 Å². The molecule has 0 aliphatic carbocycles. The number of halogens is 1. The van der Waals surface area contributed by atoms with Gasteiger partial charge in [0.2, 0.25) is 5.11 Å². The predicted molar refractivity (Wildman–Crippen MR) is 80.9 cm³/mol. The van der Waals surface area contributed by atoms with Gasteiger partial charge in [0.1, 0.15) is 5.92 Å². The molecule has 6 nitrogen and oxygen atoms in total. The molecule has 1 aliphatic rings. The zero-order valence-corrected chi connectivity index (χ0v) is 12.4. The Morgan fingerprint density at radius 1 is 1.33 bits per heavy atom. The highest BCUT2D eigenvalue weighted by molar-refractivity contribution is 7.80. The van der Waals surface area contributed by atoms with Crippen LogP contribution in [0.5, 0.6) is 0 Å². The van der Waals surface area contributed by atoms with Crippen LogP contribution in [0.15, 0.2) is 29.3 Å². The summed E-state index contributed by atoms with van der Waals surface area (Å²) in [5.41, 5.74) is 0.625. The lowest BCUT2D eigenvalue weighted by atomic mass is 9.87. The van der Waals surface area contributed by atoms with Gasteiger partial charge in [-0.3, -0.25) is 4.79 Å². The highest BCUT2D eigenvalue weighted by atomic mass is 35.5. The molecule has 0 radical (unpaired) electrons. The van der Waals surface area contributed by atoms with Crippen LogP contribution in [0.2, 0.25) is 5.02 Å². The number of carboxylic acid groups (broad SMARTS) is 2. The zero-order valence-electron chi connectivity index (χ0n) is 10.9. The van der Waals surface area contributed by atoms with Crippen LogP contribution in [-0.2, 0) is 4.79 Å². The third-order valence-electron chi connectivity index (χ3n) is 3.22. The lowest BCUT2D eigenvalue weighted by Gasteiger charge is -2.36. The molecule has 0 fully saturated rings. The average molecular weight is 327 g/mol. The van der Waals surface area contributed by atoms with Gasteiger partial charge in [-0.1, -0.05) is 29.8 Å². The van der Waals surface area contributed by atoms with E-state index in [0.29, 0.717) is 5.56 Å². The highest BCUT2D eigenvalue weighted by Gasteiger charge is 2.44. The van der Waals surface area contributed by atoms with Crippen LogP contribution in [0, 0.1) is 5.92 Å². The van der Waals surface area contributed by atoms with E-state index in [1.165, 1.54) is 6.92 Å². The normalized spacial score (nSPS) is 21.9. The van der Waals surface area contributed by atoms with Crippen molar-refractivity contribution < 1.29 is 19.8 Å². The maximum atomic E-state index is 11.5. The van der Waals surface area contributed by atoms with E-state index in [0.717, 1.165) is 4.90 Å². The molecule has 8 heteroatoms. The Kier molecular flexibility index (Phi) is 4.24. The summed E-state index contributed by atoms with van der Waals surface area (Å²) < 4.78 is 0. The fraction of sp³-hybridized carbons (Fsp3) is 0.231. The van der Waals surface area contributed by atoms with Gasteiger partial charge >= 0.3 is 12.1 Å². The van der Waals surface area contributed by atoms with Crippen molar-refractivity contribution in [1.29, 1.82) is 0 Å². The van der Waals surface area contributed by atoms with Gasteiger partial charge in [-0.2, -0.15) is 0 Å². The van der Waals surface area contributed by atoms with Crippen molar-refractivity contribution in [3.63, 3.8) is 0 Å². The number of hydrogen-bond donors (Lipinski definition) is 2. The van der Waals surface area contributed by atoms with Gasteiger partial charge in [-0.15, -0.1) is 0 Å². The van der Waals surface area contributed by atoms with E-state index in [1.807, 2.05) is 0 Å². The first-order chi connectivity index (χ1) is 9.84. The lowest BCUT2D eigenvalue weighted by Crippen LogP contribution is -2.48. The van der Waals surface area contributed by atoms with Crippen molar-refractivity contribution in [3.05, 3.63) is 34.9 Å². The summed E-state index contributed by atoms with van der Waals surface area (Å²) in [6.07, 6.45) is -1.37. The second-order valence-corrected chi connectivity index (χ2v) is 5.24. The van der Waals surface area contributed by atoms with E-state index in [1.54, 1.807) is 24.3 Å². The Labute approximate surface area is 130 Å². The fourth-order valence-electron chi connectivity index (χ4n) is 2.32. The van der Waals surface area contributed by atoms with Gasteiger partial charge < -0.3 is 10.2 Å². The Bertz CT molecular complexity index is 661. The lowest BCUT2D eigenvalue weighted by molar-refractivity contribution is -0.140. The summed E-state index contributed by atoms with van der Waals surface area (Å²) in [5.74, 6) is -2.33. The average Bonchev–Trinajstić information content (AvgIpc) is 2.37. The van der Waals surface area contributed by atoms with Crippen LogP contribution in [0.3, 0.4) is 0 Å². The quantitative estimate of drug-likeness (QED) is 0.816. The minimum atomic E-state index is -1.37. The van der Waals surface area contributed by atoms with Crippen molar-refractivity contribution in [2.75, 3.05) is 0 Å². The van der Waals surface area contributed by atoms with Gasteiger partial charge in [-0.25, -0.2) is 14.7 Å². The molecule has 0 saturated carbocycles. The number of rotatable bonds is 2. The molecule has 2 unspecified atom stereocenters. The minimum absolute atomic E-state index is 0.192. The monoisotopic (exact) mass is 326 g/mol. The van der Waals surface area contributed by atoms with Gasteiger partial charge in [0, 0.05) is 10.7 Å². The molecule has 110 valence electrons. The van der Waals surface area contributed by atoms with Crippen LogP contribution in [0.4, 0.5) is 4.79 Å². The van der Waals surface area contributed by atoms with Crippen LogP contribution in [-0.4, -0.2) is 38.0 Å². The van der Waals surface area contributed by atoms with Gasteiger partial charge in [0.15, 0.2) is 0 Å². The van der Waals surface area contributed by atoms with Crippen molar-refractivity contribution >= 4 is 46.7 Å².